The first-order valence-electron chi connectivity index (χ1n) is 4.59. The van der Waals surface area contributed by atoms with Crippen molar-refractivity contribution in [2.24, 2.45) is 5.16 Å². The Kier molecular flexibility index (Phi) is 4.11. The lowest BCUT2D eigenvalue weighted by atomic mass is 10.2. The number of halogens is 1. The largest absolute Gasteiger partial charge is 0.392 e. The number of hydrogen-bond acceptors (Lipinski definition) is 2. The highest BCUT2D eigenvalue weighted by Gasteiger charge is 1.96. The second-order valence-corrected chi connectivity index (χ2v) is 3.04. The van der Waals surface area contributed by atoms with E-state index in [0.29, 0.717) is 5.56 Å². The zero-order valence-electron chi connectivity index (χ0n) is 8.33. The molecular formula is C11H13FNO. The summed E-state index contributed by atoms with van der Waals surface area (Å²) in [5.74, 6) is -0.297. The molecule has 0 fully saturated rings. The summed E-state index contributed by atoms with van der Waals surface area (Å²) >= 11 is 0. The summed E-state index contributed by atoms with van der Waals surface area (Å²) in [4.78, 5) is 5.03. The quantitative estimate of drug-likeness (QED) is 0.533. The first-order chi connectivity index (χ1) is 6.72. The van der Waals surface area contributed by atoms with Crippen LogP contribution in [0.2, 0.25) is 0 Å². The van der Waals surface area contributed by atoms with Gasteiger partial charge in [0.05, 0.1) is 0 Å². The van der Waals surface area contributed by atoms with E-state index in [4.69, 9.17) is 4.84 Å². The SMILES string of the molecule is CCC(C)O/N=[C]/c1cccc(F)c1. The first-order valence-corrected chi connectivity index (χ1v) is 4.59. The van der Waals surface area contributed by atoms with Gasteiger partial charge < -0.3 is 4.84 Å². The molecule has 0 aromatic heterocycles. The molecule has 0 spiro atoms. The minimum atomic E-state index is -0.297. The van der Waals surface area contributed by atoms with Gasteiger partial charge in [-0.3, -0.25) is 0 Å². The molecule has 0 aliphatic carbocycles. The highest BCUT2D eigenvalue weighted by atomic mass is 19.1. The van der Waals surface area contributed by atoms with Crippen molar-refractivity contribution >= 4 is 6.21 Å². The van der Waals surface area contributed by atoms with Crippen LogP contribution in [0.1, 0.15) is 25.8 Å². The maximum absolute atomic E-state index is 12.7. The van der Waals surface area contributed by atoms with E-state index in [9.17, 15) is 4.39 Å². The second-order valence-electron chi connectivity index (χ2n) is 3.04. The molecule has 1 aromatic rings. The summed E-state index contributed by atoms with van der Waals surface area (Å²) in [5, 5.41) is 3.64. The van der Waals surface area contributed by atoms with Crippen molar-refractivity contribution in [2.75, 3.05) is 0 Å². The molecule has 1 radical (unpaired) electrons. The lowest BCUT2D eigenvalue weighted by Crippen LogP contribution is -2.01. The van der Waals surface area contributed by atoms with Crippen molar-refractivity contribution in [2.45, 2.75) is 26.4 Å². The molecule has 2 nitrogen and oxygen atoms in total. The van der Waals surface area contributed by atoms with Gasteiger partial charge in [0.2, 0.25) is 0 Å². The van der Waals surface area contributed by atoms with Crippen molar-refractivity contribution in [3.63, 3.8) is 0 Å². The van der Waals surface area contributed by atoms with Crippen LogP contribution in [0.3, 0.4) is 0 Å². The Labute approximate surface area is 83.4 Å². The molecule has 0 heterocycles. The summed E-state index contributed by atoms with van der Waals surface area (Å²) < 4.78 is 12.7. The molecule has 0 saturated carbocycles. The summed E-state index contributed by atoms with van der Waals surface area (Å²) in [6.07, 6.45) is 3.56. The Hall–Kier alpha value is -1.38. The third-order valence-electron chi connectivity index (χ3n) is 1.81. The fourth-order valence-corrected chi connectivity index (χ4v) is 0.802. The van der Waals surface area contributed by atoms with Crippen molar-refractivity contribution in [3.8, 4) is 0 Å². The number of hydrogen-bond donors (Lipinski definition) is 0. The van der Waals surface area contributed by atoms with Crippen LogP contribution in [0.15, 0.2) is 29.4 Å². The maximum atomic E-state index is 12.7. The zero-order chi connectivity index (χ0) is 10.4. The molecule has 0 N–H and O–H groups in total. The third-order valence-corrected chi connectivity index (χ3v) is 1.81. The van der Waals surface area contributed by atoms with Crippen molar-refractivity contribution in [1.82, 2.24) is 0 Å². The number of rotatable bonds is 4. The third kappa shape index (κ3) is 3.56. The molecule has 0 amide bonds. The maximum Gasteiger partial charge on any atom is 0.139 e. The molecular weight excluding hydrogens is 181 g/mol. The Bertz CT molecular complexity index is 312. The average molecular weight is 194 g/mol. The number of nitrogens with zero attached hydrogens (tertiary/aromatic N) is 1. The molecule has 14 heavy (non-hydrogen) atoms. The van der Waals surface area contributed by atoms with Gasteiger partial charge in [0.1, 0.15) is 18.1 Å². The summed E-state index contributed by atoms with van der Waals surface area (Å²) in [6.45, 7) is 3.92. The fraction of sp³-hybridized carbons (Fsp3) is 0.364. The minimum absolute atomic E-state index is 0.0658. The number of benzene rings is 1. The van der Waals surface area contributed by atoms with Crippen LogP contribution >= 0.6 is 0 Å². The van der Waals surface area contributed by atoms with Crippen molar-refractivity contribution < 1.29 is 9.23 Å². The molecule has 1 rings (SSSR count). The first kappa shape index (κ1) is 10.7. The van der Waals surface area contributed by atoms with Gasteiger partial charge in [0.25, 0.3) is 0 Å². The van der Waals surface area contributed by atoms with Gasteiger partial charge in [-0.05, 0) is 25.5 Å². The summed E-state index contributed by atoms with van der Waals surface area (Å²) in [7, 11) is 0. The van der Waals surface area contributed by atoms with E-state index in [1.807, 2.05) is 13.8 Å². The standard InChI is InChI=1S/C11H13FNO/c1-3-9(2)14-13-8-10-5-4-6-11(12)7-10/h4-7,9H,3H2,1-2H3. The van der Waals surface area contributed by atoms with Gasteiger partial charge >= 0.3 is 0 Å². The van der Waals surface area contributed by atoms with Gasteiger partial charge in [-0.25, -0.2) is 4.39 Å². The Morgan fingerprint density at radius 3 is 3.00 bits per heavy atom. The molecule has 0 saturated heterocycles. The minimum Gasteiger partial charge on any atom is -0.392 e. The van der Waals surface area contributed by atoms with E-state index in [1.165, 1.54) is 12.1 Å². The van der Waals surface area contributed by atoms with Crippen LogP contribution in [0, 0.1) is 5.82 Å². The smallest absolute Gasteiger partial charge is 0.139 e. The normalized spacial score (nSPS) is 13.1. The molecule has 1 aromatic carbocycles. The lowest BCUT2D eigenvalue weighted by molar-refractivity contribution is 0.0712. The van der Waals surface area contributed by atoms with E-state index in [-0.39, 0.29) is 11.9 Å². The summed E-state index contributed by atoms with van der Waals surface area (Å²) in [5.41, 5.74) is 0.577. The van der Waals surface area contributed by atoms with E-state index < -0.39 is 0 Å². The van der Waals surface area contributed by atoms with Gasteiger partial charge in [0, 0.05) is 5.56 Å². The van der Waals surface area contributed by atoms with Crippen LogP contribution in [0.4, 0.5) is 4.39 Å². The Morgan fingerprint density at radius 1 is 1.57 bits per heavy atom. The highest BCUT2D eigenvalue weighted by Crippen LogP contribution is 2.01. The zero-order valence-corrected chi connectivity index (χ0v) is 8.33. The summed E-state index contributed by atoms with van der Waals surface area (Å²) in [6, 6.07) is 6.05. The van der Waals surface area contributed by atoms with Gasteiger partial charge in [0.15, 0.2) is 0 Å². The molecule has 0 bridgehead atoms. The van der Waals surface area contributed by atoms with E-state index in [2.05, 4.69) is 11.4 Å². The molecule has 1 unspecified atom stereocenters. The topological polar surface area (TPSA) is 21.6 Å². The monoisotopic (exact) mass is 194 g/mol. The van der Waals surface area contributed by atoms with Crippen LogP contribution in [0.5, 0.6) is 0 Å². The van der Waals surface area contributed by atoms with Crippen LogP contribution < -0.4 is 0 Å². The Balaban J connectivity index is 2.51. The fourth-order valence-electron chi connectivity index (χ4n) is 0.802. The molecule has 1 atom stereocenters. The van der Waals surface area contributed by atoms with Gasteiger partial charge in [-0.1, -0.05) is 24.2 Å². The van der Waals surface area contributed by atoms with Gasteiger partial charge in [-0.15, -0.1) is 0 Å². The van der Waals surface area contributed by atoms with Crippen molar-refractivity contribution in [1.29, 1.82) is 0 Å². The van der Waals surface area contributed by atoms with E-state index in [1.54, 1.807) is 12.1 Å². The second kappa shape index (κ2) is 5.37. The Morgan fingerprint density at radius 2 is 2.36 bits per heavy atom. The molecule has 0 aliphatic rings. The molecule has 3 heteroatoms. The van der Waals surface area contributed by atoms with E-state index >= 15 is 0 Å². The van der Waals surface area contributed by atoms with Crippen LogP contribution in [-0.4, -0.2) is 12.3 Å². The predicted octanol–water partition coefficient (Wildman–Crippen LogP) is 2.85. The van der Waals surface area contributed by atoms with Gasteiger partial charge in [-0.2, -0.15) is 0 Å². The van der Waals surface area contributed by atoms with Crippen molar-refractivity contribution in [3.05, 3.63) is 35.6 Å². The molecule has 75 valence electrons. The van der Waals surface area contributed by atoms with Crippen LogP contribution in [0.25, 0.3) is 0 Å². The lowest BCUT2D eigenvalue weighted by Gasteiger charge is -2.03. The molecule has 0 aliphatic heterocycles. The predicted molar refractivity (Wildman–Crippen MR) is 53.8 cm³/mol. The van der Waals surface area contributed by atoms with Crippen LogP contribution in [-0.2, 0) is 4.84 Å². The highest BCUT2D eigenvalue weighted by molar-refractivity contribution is 5.78. The average Bonchev–Trinajstić information content (AvgIpc) is 2.17. The van der Waals surface area contributed by atoms with E-state index in [0.717, 1.165) is 6.42 Å².